The van der Waals surface area contributed by atoms with Crippen LogP contribution in [-0.4, -0.2) is 22.5 Å². The molecule has 1 aromatic carbocycles. The Morgan fingerprint density at radius 2 is 2.44 bits per heavy atom. The molecule has 94 valence electrons. The minimum Gasteiger partial charge on any atom is -0.486 e. The van der Waals surface area contributed by atoms with Crippen LogP contribution in [0.5, 0.6) is 11.5 Å². The molecule has 4 nitrogen and oxygen atoms in total. The topological polar surface area (TPSA) is 36.3 Å². The lowest BCUT2D eigenvalue weighted by molar-refractivity contribution is 0.148. The van der Waals surface area contributed by atoms with Crippen molar-refractivity contribution in [3.63, 3.8) is 0 Å². The van der Waals surface area contributed by atoms with Crippen LogP contribution in [-0.2, 0) is 13.5 Å². The molecule has 2 heterocycles. The lowest BCUT2D eigenvalue weighted by Crippen LogP contribution is -2.22. The number of hydrogen-bond acceptors (Lipinski definition) is 3. The second-order valence-electron chi connectivity index (χ2n) is 4.36. The van der Waals surface area contributed by atoms with Gasteiger partial charge in [-0.25, -0.2) is 4.39 Å². The largest absolute Gasteiger partial charge is 0.486 e. The van der Waals surface area contributed by atoms with E-state index in [0.717, 1.165) is 11.3 Å². The minimum absolute atomic E-state index is 0.0676. The lowest BCUT2D eigenvalue weighted by Gasteiger charge is -2.10. The molecule has 0 radical (unpaired) electrons. The third-order valence-electron chi connectivity index (χ3n) is 2.88. The molecule has 0 amide bonds. The van der Waals surface area contributed by atoms with Gasteiger partial charge in [-0.2, -0.15) is 5.10 Å². The van der Waals surface area contributed by atoms with Crippen molar-refractivity contribution in [2.45, 2.75) is 12.5 Å². The van der Waals surface area contributed by atoms with Gasteiger partial charge in [-0.05, 0) is 18.2 Å². The average Bonchev–Trinajstić information content (AvgIpc) is 2.92. The zero-order valence-electron chi connectivity index (χ0n) is 9.97. The smallest absolute Gasteiger partial charge is 0.157 e. The van der Waals surface area contributed by atoms with Crippen molar-refractivity contribution < 1.29 is 13.9 Å². The first-order valence-electron chi connectivity index (χ1n) is 5.77. The number of halogens is 1. The number of hydrogen-bond donors (Lipinski definition) is 0. The van der Waals surface area contributed by atoms with E-state index in [1.807, 2.05) is 7.05 Å². The molecule has 0 saturated heterocycles. The Bertz CT molecular complexity index is 568. The van der Waals surface area contributed by atoms with Crippen LogP contribution < -0.4 is 9.47 Å². The van der Waals surface area contributed by atoms with Crippen LogP contribution >= 0.6 is 0 Å². The van der Waals surface area contributed by atoms with Gasteiger partial charge in [-0.15, -0.1) is 0 Å². The van der Waals surface area contributed by atoms with Gasteiger partial charge in [0.15, 0.2) is 5.75 Å². The maximum atomic E-state index is 13.0. The summed E-state index contributed by atoms with van der Waals surface area (Å²) in [5, 5.41) is 4.01. The molecule has 0 fully saturated rings. The molecular weight excluding hydrogens is 235 g/mol. The third kappa shape index (κ3) is 2.16. The molecule has 0 spiro atoms. The summed E-state index contributed by atoms with van der Waals surface area (Å²) in [4.78, 5) is 0. The molecule has 5 heteroatoms. The number of nitrogens with zero attached hydrogens (tertiary/aromatic N) is 2. The van der Waals surface area contributed by atoms with E-state index in [4.69, 9.17) is 9.47 Å². The van der Waals surface area contributed by atoms with Crippen LogP contribution in [0, 0.1) is 5.82 Å². The molecule has 1 aromatic heterocycles. The first-order chi connectivity index (χ1) is 8.70. The Morgan fingerprint density at radius 3 is 3.22 bits per heavy atom. The average molecular weight is 248 g/mol. The highest BCUT2D eigenvalue weighted by atomic mass is 19.1. The quantitative estimate of drug-likeness (QED) is 0.833. The molecule has 2 aromatic rings. The van der Waals surface area contributed by atoms with Crippen LogP contribution in [0.3, 0.4) is 0 Å². The van der Waals surface area contributed by atoms with Crippen molar-refractivity contribution in [2.75, 3.05) is 6.61 Å². The van der Waals surface area contributed by atoms with Crippen LogP contribution in [0.15, 0.2) is 30.6 Å². The summed E-state index contributed by atoms with van der Waals surface area (Å²) in [6, 6.07) is 4.58. The van der Waals surface area contributed by atoms with Gasteiger partial charge in [0, 0.05) is 19.0 Å². The van der Waals surface area contributed by atoms with E-state index in [2.05, 4.69) is 5.10 Å². The number of fused-ring (bicyclic) bond motifs is 1. The summed E-state index contributed by atoms with van der Waals surface area (Å²) >= 11 is 0. The van der Waals surface area contributed by atoms with Crippen molar-refractivity contribution in [1.29, 1.82) is 0 Å². The predicted octanol–water partition coefficient (Wildman–Crippen LogP) is 1.94. The Hall–Kier alpha value is -2.04. The van der Waals surface area contributed by atoms with E-state index < -0.39 is 0 Å². The maximum absolute atomic E-state index is 13.0. The summed E-state index contributed by atoms with van der Waals surface area (Å²) in [6.07, 6.45) is 4.05. The number of aryl methyl sites for hydroxylation is 1. The molecule has 1 unspecified atom stereocenters. The van der Waals surface area contributed by atoms with Gasteiger partial charge in [0.25, 0.3) is 0 Å². The number of aromatic nitrogens is 2. The van der Waals surface area contributed by atoms with Gasteiger partial charge >= 0.3 is 0 Å². The molecule has 0 saturated carbocycles. The molecule has 1 atom stereocenters. The zero-order valence-corrected chi connectivity index (χ0v) is 9.97. The first-order valence-corrected chi connectivity index (χ1v) is 5.77. The molecule has 0 bridgehead atoms. The van der Waals surface area contributed by atoms with Gasteiger partial charge in [-0.3, -0.25) is 4.68 Å². The first kappa shape index (κ1) is 11.1. The fourth-order valence-corrected chi connectivity index (χ4v) is 2.04. The van der Waals surface area contributed by atoms with Gasteiger partial charge in [0.2, 0.25) is 0 Å². The SMILES string of the molecule is Cn1cc(OCC2Cc3cc(F)ccc3O2)cn1. The van der Waals surface area contributed by atoms with Crippen molar-refractivity contribution in [3.8, 4) is 11.5 Å². The van der Waals surface area contributed by atoms with Crippen molar-refractivity contribution >= 4 is 0 Å². The van der Waals surface area contributed by atoms with E-state index in [0.29, 0.717) is 18.8 Å². The van der Waals surface area contributed by atoms with Gasteiger partial charge in [-0.1, -0.05) is 0 Å². The molecule has 0 aliphatic carbocycles. The summed E-state index contributed by atoms with van der Waals surface area (Å²) < 4.78 is 26.0. The number of benzene rings is 1. The monoisotopic (exact) mass is 248 g/mol. The Morgan fingerprint density at radius 1 is 1.56 bits per heavy atom. The highest BCUT2D eigenvalue weighted by molar-refractivity contribution is 5.37. The zero-order chi connectivity index (χ0) is 12.5. The van der Waals surface area contributed by atoms with Gasteiger partial charge < -0.3 is 9.47 Å². The van der Waals surface area contributed by atoms with E-state index in [-0.39, 0.29) is 11.9 Å². The summed E-state index contributed by atoms with van der Waals surface area (Å²) in [5.41, 5.74) is 0.898. The highest BCUT2D eigenvalue weighted by Crippen LogP contribution is 2.29. The van der Waals surface area contributed by atoms with Crippen molar-refractivity contribution in [1.82, 2.24) is 9.78 Å². The molecule has 18 heavy (non-hydrogen) atoms. The number of ether oxygens (including phenoxy) is 2. The van der Waals surface area contributed by atoms with Crippen molar-refractivity contribution in [2.24, 2.45) is 7.05 Å². The van der Waals surface area contributed by atoms with E-state index in [9.17, 15) is 4.39 Å². The summed E-state index contributed by atoms with van der Waals surface area (Å²) in [5.74, 6) is 1.23. The second-order valence-corrected chi connectivity index (χ2v) is 4.36. The lowest BCUT2D eigenvalue weighted by atomic mass is 10.1. The van der Waals surface area contributed by atoms with Crippen LogP contribution in [0.1, 0.15) is 5.56 Å². The molecule has 0 N–H and O–H groups in total. The molecule has 1 aliphatic rings. The van der Waals surface area contributed by atoms with Crippen LogP contribution in [0.2, 0.25) is 0 Å². The maximum Gasteiger partial charge on any atom is 0.157 e. The fraction of sp³-hybridized carbons (Fsp3) is 0.308. The third-order valence-corrected chi connectivity index (χ3v) is 2.88. The second kappa shape index (κ2) is 4.33. The summed E-state index contributed by atoms with van der Waals surface area (Å²) in [7, 11) is 1.83. The van der Waals surface area contributed by atoms with Crippen LogP contribution in [0.4, 0.5) is 4.39 Å². The normalized spacial score (nSPS) is 17.3. The van der Waals surface area contributed by atoms with Gasteiger partial charge in [0.1, 0.15) is 24.3 Å². The molecular formula is C13H13FN2O2. The Balaban J connectivity index is 1.61. The molecule has 3 rings (SSSR count). The standard InChI is InChI=1S/C13H13FN2O2/c1-16-7-12(6-15-16)17-8-11-5-9-4-10(14)2-3-13(9)18-11/h2-4,6-7,11H,5,8H2,1H3. The molecule has 1 aliphatic heterocycles. The minimum atomic E-state index is -0.230. The highest BCUT2D eigenvalue weighted by Gasteiger charge is 2.23. The number of rotatable bonds is 3. The van der Waals surface area contributed by atoms with E-state index in [1.54, 1.807) is 23.1 Å². The van der Waals surface area contributed by atoms with Crippen LogP contribution in [0.25, 0.3) is 0 Å². The van der Waals surface area contributed by atoms with E-state index in [1.165, 1.54) is 12.1 Å². The van der Waals surface area contributed by atoms with Crippen molar-refractivity contribution in [3.05, 3.63) is 42.0 Å². The summed E-state index contributed by atoms with van der Waals surface area (Å²) in [6.45, 7) is 0.433. The Kier molecular flexibility index (Phi) is 2.66. The van der Waals surface area contributed by atoms with E-state index >= 15 is 0 Å². The fourth-order valence-electron chi connectivity index (χ4n) is 2.04. The predicted molar refractivity (Wildman–Crippen MR) is 63.2 cm³/mol. The Labute approximate surface area is 104 Å². The van der Waals surface area contributed by atoms with Gasteiger partial charge in [0.05, 0.1) is 12.4 Å².